The number of fused-ring (bicyclic) bond motifs is 1. The van der Waals surface area contributed by atoms with E-state index in [0.717, 1.165) is 36.8 Å². The number of rotatable bonds is 4. The highest BCUT2D eigenvalue weighted by Gasteiger charge is 2.26. The number of nitrogens with two attached hydrogens (primary N) is 1. The summed E-state index contributed by atoms with van der Waals surface area (Å²) in [6.07, 6.45) is 3.58. The number of aliphatic hydroxyl groups excluding tert-OH is 1. The standard InChI is InChI=1S/C16H23BN4O3/c1-9-12-8-13(17)15(23)21(14(12)20-16(18)19-9)10-2-4-11(5-3-10)24-7-6-22/h8,10-11,22H,2-7,17H2,1H3,(H2,18,19,20)/t10-,11+. The molecule has 0 aliphatic heterocycles. The van der Waals surface area contributed by atoms with Gasteiger partial charge in [0, 0.05) is 11.4 Å². The molecule has 1 aliphatic carbocycles. The van der Waals surface area contributed by atoms with Crippen LogP contribution in [0, 0.1) is 6.92 Å². The van der Waals surface area contributed by atoms with Gasteiger partial charge >= 0.3 is 0 Å². The zero-order valence-electron chi connectivity index (χ0n) is 14.2. The van der Waals surface area contributed by atoms with Crippen molar-refractivity contribution in [1.82, 2.24) is 14.5 Å². The summed E-state index contributed by atoms with van der Waals surface area (Å²) in [5.74, 6) is 0.192. The molecule has 1 aliphatic rings. The Morgan fingerprint density at radius 2 is 2.08 bits per heavy atom. The van der Waals surface area contributed by atoms with E-state index in [0.29, 0.717) is 17.7 Å². The predicted molar refractivity (Wildman–Crippen MR) is 95.5 cm³/mol. The molecule has 2 aromatic rings. The Balaban J connectivity index is 1.98. The van der Waals surface area contributed by atoms with Crippen LogP contribution in [0.25, 0.3) is 11.0 Å². The number of anilines is 1. The van der Waals surface area contributed by atoms with Gasteiger partial charge in [0.25, 0.3) is 0 Å². The Bertz CT molecular complexity index is 800. The summed E-state index contributed by atoms with van der Waals surface area (Å²) in [6, 6.07) is 1.93. The first kappa shape index (κ1) is 16.9. The van der Waals surface area contributed by atoms with Gasteiger partial charge in [-0.25, -0.2) is 4.98 Å². The van der Waals surface area contributed by atoms with Crippen LogP contribution in [0.5, 0.6) is 0 Å². The fraction of sp³-hybridized carbons (Fsp3) is 0.562. The normalized spacial score (nSPS) is 21.2. The van der Waals surface area contributed by atoms with Gasteiger partial charge in [0.15, 0.2) is 0 Å². The lowest BCUT2D eigenvalue weighted by molar-refractivity contribution is 0.00169. The fourth-order valence-electron chi connectivity index (χ4n) is 3.53. The Labute approximate surface area is 141 Å². The minimum Gasteiger partial charge on any atom is -0.394 e. The number of aryl methyl sites for hydroxylation is 1. The van der Waals surface area contributed by atoms with Crippen LogP contribution in [-0.2, 0) is 4.74 Å². The van der Waals surface area contributed by atoms with Gasteiger partial charge in [0.05, 0.1) is 25.0 Å². The minimum absolute atomic E-state index is 0.0141. The van der Waals surface area contributed by atoms with Crippen LogP contribution in [0.1, 0.15) is 37.4 Å². The molecule has 3 rings (SSSR count). The van der Waals surface area contributed by atoms with E-state index in [1.807, 2.05) is 20.8 Å². The summed E-state index contributed by atoms with van der Waals surface area (Å²) in [7, 11) is 1.82. The third kappa shape index (κ3) is 3.16. The summed E-state index contributed by atoms with van der Waals surface area (Å²) in [5, 5.41) is 9.74. The van der Waals surface area contributed by atoms with Crippen molar-refractivity contribution in [1.29, 1.82) is 0 Å². The molecule has 24 heavy (non-hydrogen) atoms. The monoisotopic (exact) mass is 330 g/mol. The van der Waals surface area contributed by atoms with E-state index in [1.165, 1.54) is 0 Å². The van der Waals surface area contributed by atoms with Crippen LogP contribution in [0.2, 0.25) is 0 Å². The number of hydrogen-bond donors (Lipinski definition) is 2. The highest BCUT2D eigenvalue weighted by Crippen LogP contribution is 2.31. The molecular formula is C16H23BN4O3. The van der Waals surface area contributed by atoms with Crippen molar-refractivity contribution in [2.24, 2.45) is 0 Å². The van der Waals surface area contributed by atoms with E-state index >= 15 is 0 Å². The molecule has 3 N–H and O–H groups in total. The quantitative estimate of drug-likeness (QED) is 0.728. The number of pyridine rings is 1. The summed E-state index contributed by atoms with van der Waals surface area (Å²) in [6.45, 7) is 2.29. The number of nitrogens with zero attached hydrogens (tertiary/aromatic N) is 3. The van der Waals surface area contributed by atoms with Gasteiger partial charge in [0.2, 0.25) is 11.5 Å². The van der Waals surface area contributed by atoms with Crippen molar-refractivity contribution in [3.05, 3.63) is 22.1 Å². The molecule has 7 nitrogen and oxygen atoms in total. The number of nitrogen functional groups attached to an aromatic ring is 1. The summed E-state index contributed by atoms with van der Waals surface area (Å²) < 4.78 is 7.40. The van der Waals surface area contributed by atoms with Crippen molar-refractivity contribution < 1.29 is 9.84 Å². The SMILES string of the molecule is Bc1cc2c(C)nc(N)nc2n([C@H]2CC[C@@H](OCCO)CC2)c1=O. The lowest BCUT2D eigenvalue weighted by Gasteiger charge is -2.30. The average Bonchev–Trinajstić information content (AvgIpc) is 2.56. The van der Waals surface area contributed by atoms with Crippen LogP contribution >= 0.6 is 0 Å². The zero-order chi connectivity index (χ0) is 17.3. The van der Waals surface area contributed by atoms with E-state index in [9.17, 15) is 4.79 Å². The molecule has 0 unspecified atom stereocenters. The van der Waals surface area contributed by atoms with Crippen molar-refractivity contribution in [3.63, 3.8) is 0 Å². The molecule has 0 spiro atoms. The summed E-state index contributed by atoms with van der Waals surface area (Å²) in [4.78, 5) is 21.3. The van der Waals surface area contributed by atoms with Crippen molar-refractivity contribution >= 4 is 30.3 Å². The van der Waals surface area contributed by atoms with Gasteiger partial charge in [-0.1, -0.05) is 6.07 Å². The van der Waals surface area contributed by atoms with E-state index in [1.54, 1.807) is 4.57 Å². The Kier molecular flexibility index (Phi) is 4.87. The smallest absolute Gasteiger partial charge is 0.246 e. The van der Waals surface area contributed by atoms with Gasteiger partial charge in [-0.15, -0.1) is 0 Å². The van der Waals surface area contributed by atoms with Crippen molar-refractivity contribution in [2.75, 3.05) is 18.9 Å². The number of hydrogen-bond acceptors (Lipinski definition) is 6. The van der Waals surface area contributed by atoms with Gasteiger partial charge in [-0.2, -0.15) is 4.98 Å². The largest absolute Gasteiger partial charge is 0.394 e. The van der Waals surface area contributed by atoms with Crippen molar-refractivity contribution in [2.45, 2.75) is 44.8 Å². The topological polar surface area (TPSA) is 103 Å². The average molecular weight is 330 g/mol. The van der Waals surface area contributed by atoms with E-state index in [4.69, 9.17) is 15.6 Å². The summed E-state index contributed by atoms with van der Waals surface area (Å²) in [5.41, 5.74) is 7.89. The molecule has 2 aromatic heterocycles. The summed E-state index contributed by atoms with van der Waals surface area (Å²) >= 11 is 0. The van der Waals surface area contributed by atoms with Gasteiger partial charge in [-0.3, -0.25) is 9.36 Å². The second kappa shape index (κ2) is 6.90. The molecule has 1 saturated carbocycles. The fourth-order valence-corrected chi connectivity index (χ4v) is 3.53. The minimum atomic E-state index is -0.0141. The first-order valence-corrected chi connectivity index (χ1v) is 8.39. The van der Waals surface area contributed by atoms with E-state index in [2.05, 4.69) is 9.97 Å². The molecule has 0 amide bonds. The molecule has 0 atom stereocenters. The van der Waals surface area contributed by atoms with E-state index in [-0.39, 0.29) is 30.3 Å². The Morgan fingerprint density at radius 3 is 2.75 bits per heavy atom. The lowest BCUT2D eigenvalue weighted by Crippen LogP contribution is -2.39. The van der Waals surface area contributed by atoms with Crippen molar-refractivity contribution in [3.8, 4) is 0 Å². The van der Waals surface area contributed by atoms with E-state index < -0.39 is 0 Å². The lowest BCUT2D eigenvalue weighted by atomic mass is 9.91. The Hall–Kier alpha value is -1.93. The molecule has 128 valence electrons. The highest BCUT2D eigenvalue weighted by molar-refractivity contribution is 6.32. The van der Waals surface area contributed by atoms with Crippen LogP contribution in [0.3, 0.4) is 0 Å². The van der Waals surface area contributed by atoms with Gasteiger partial charge in [-0.05, 0) is 38.1 Å². The third-order valence-electron chi connectivity index (χ3n) is 4.73. The predicted octanol–water partition coefficient (Wildman–Crippen LogP) is -0.567. The second-order valence-corrected chi connectivity index (χ2v) is 6.43. The third-order valence-corrected chi connectivity index (χ3v) is 4.73. The molecule has 0 radical (unpaired) electrons. The number of aromatic nitrogens is 3. The van der Waals surface area contributed by atoms with Gasteiger partial charge in [0.1, 0.15) is 13.5 Å². The van der Waals surface area contributed by atoms with Crippen LogP contribution < -0.4 is 16.8 Å². The number of ether oxygens (including phenoxy) is 1. The first-order valence-electron chi connectivity index (χ1n) is 8.39. The zero-order valence-corrected chi connectivity index (χ0v) is 14.2. The maximum atomic E-state index is 12.8. The molecule has 1 fully saturated rings. The van der Waals surface area contributed by atoms with Gasteiger partial charge < -0.3 is 15.6 Å². The highest BCUT2D eigenvalue weighted by atomic mass is 16.5. The maximum Gasteiger partial charge on any atom is 0.246 e. The molecular weight excluding hydrogens is 307 g/mol. The first-order chi connectivity index (χ1) is 11.5. The molecule has 2 heterocycles. The molecule has 8 heteroatoms. The van der Waals surface area contributed by atoms with Crippen LogP contribution in [0.15, 0.2) is 10.9 Å². The molecule has 0 saturated heterocycles. The van der Waals surface area contributed by atoms with Crippen LogP contribution in [-0.4, -0.2) is 46.8 Å². The van der Waals surface area contributed by atoms with Crippen LogP contribution in [0.4, 0.5) is 5.95 Å². The number of aliphatic hydroxyl groups is 1. The molecule has 0 bridgehead atoms. The Morgan fingerprint density at radius 1 is 1.38 bits per heavy atom. The molecule has 0 aromatic carbocycles. The maximum absolute atomic E-state index is 12.8. The second-order valence-electron chi connectivity index (χ2n) is 6.43.